The third kappa shape index (κ3) is 3.62. The van der Waals surface area contributed by atoms with Crippen LogP contribution in [-0.2, 0) is 17.6 Å². The number of thiazole rings is 1. The first-order chi connectivity index (χ1) is 16.5. The minimum absolute atomic E-state index is 0.114. The minimum Gasteiger partial charge on any atom is -0.382 e. The van der Waals surface area contributed by atoms with Gasteiger partial charge in [0.25, 0.3) is 0 Å². The molecule has 2 amide bonds. The Balaban J connectivity index is 0.845. The first-order valence-corrected chi connectivity index (χ1v) is 13.7. The number of aliphatic hydroxyl groups is 1. The van der Waals surface area contributed by atoms with Crippen LogP contribution in [0.25, 0.3) is 0 Å². The summed E-state index contributed by atoms with van der Waals surface area (Å²) in [6, 6.07) is 0.571. The van der Waals surface area contributed by atoms with Gasteiger partial charge < -0.3 is 14.9 Å². The molecule has 7 rings (SSSR count). The van der Waals surface area contributed by atoms with E-state index in [1.54, 1.807) is 6.33 Å². The first-order valence-electron chi connectivity index (χ1n) is 12.9. The molecule has 9 nitrogen and oxygen atoms in total. The van der Waals surface area contributed by atoms with Gasteiger partial charge in [-0.25, -0.2) is 19.4 Å². The highest BCUT2D eigenvalue weighted by Gasteiger charge is 2.58. The van der Waals surface area contributed by atoms with Crippen molar-refractivity contribution >= 4 is 17.4 Å². The molecule has 5 fully saturated rings. The van der Waals surface area contributed by atoms with Crippen LogP contribution in [0.4, 0.5) is 4.79 Å². The third-order valence-corrected chi connectivity index (χ3v) is 10.1. The quantitative estimate of drug-likeness (QED) is 0.698. The molecule has 2 aromatic rings. The van der Waals surface area contributed by atoms with Crippen molar-refractivity contribution in [3.63, 3.8) is 0 Å². The van der Waals surface area contributed by atoms with Crippen LogP contribution in [0.3, 0.4) is 0 Å². The molecule has 0 atom stereocenters. The average Bonchev–Trinajstić information content (AvgIpc) is 3.10. The lowest BCUT2D eigenvalue weighted by molar-refractivity contribution is -0.120. The zero-order chi connectivity index (χ0) is 24.2. The molecular weight excluding hydrogens is 462 g/mol. The van der Waals surface area contributed by atoms with E-state index in [1.807, 2.05) is 32.0 Å². The van der Waals surface area contributed by atoms with E-state index in [2.05, 4.69) is 40.7 Å². The maximum Gasteiger partial charge on any atom is 0.320 e. The number of amides is 2. The summed E-state index contributed by atoms with van der Waals surface area (Å²) < 4.78 is 1.93. The van der Waals surface area contributed by atoms with Gasteiger partial charge in [0.15, 0.2) is 5.82 Å². The molecule has 0 bridgehead atoms. The third-order valence-electron chi connectivity index (χ3n) is 8.70. The SMILES string of the molecule is CC(C)(C)c1ncc(CN2CC3(C2)CN(C(=O)N2CC4(CC(n5cnc(C6(O)CC6)n5)C4)C2)C3)s1. The summed E-state index contributed by atoms with van der Waals surface area (Å²) in [5, 5.41) is 15.9. The fraction of sp³-hybridized carbons (Fsp3) is 0.760. The lowest BCUT2D eigenvalue weighted by atomic mass is 9.60. The summed E-state index contributed by atoms with van der Waals surface area (Å²) in [6.45, 7) is 13.3. The number of rotatable bonds is 4. The molecule has 35 heavy (non-hydrogen) atoms. The van der Waals surface area contributed by atoms with Gasteiger partial charge in [-0.05, 0) is 25.7 Å². The van der Waals surface area contributed by atoms with Crippen molar-refractivity contribution in [1.82, 2.24) is 34.4 Å². The van der Waals surface area contributed by atoms with Crippen molar-refractivity contribution in [2.45, 2.75) is 70.1 Å². The molecule has 0 aromatic carbocycles. The molecule has 2 spiro atoms. The van der Waals surface area contributed by atoms with Crippen molar-refractivity contribution in [2.24, 2.45) is 10.8 Å². The molecule has 2 aromatic heterocycles. The predicted octanol–water partition coefficient (Wildman–Crippen LogP) is 2.59. The zero-order valence-electron chi connectivity index (χ0n) is 20.9. The fourth-order valence-corrected chi connectivity index (χ4v) is 7.56. The van der Waals surface area contributed by atoms with E-state index < -0.39 is 5.60 Å². The summed E-state index contributed by atoms with van der Waals surface area (Å²) >= 11 is 1.83. The molecule has 0 unspecified atom stereocenters. The molecular formula is C25H35N7O2S. The average molecular weight is 498 g/mol. The molecule has 3 aliphatic heterocycles. The van der Waals surface area contributed by atoms with Crippen molar-refractivity contribution in [3.05, 3.63) is 28.2 Å². The Labute approximate surface area is 210 Å². The van der Waals surface area contributed by atoms with Gasteiger partial charge in [-0.1, -0.05) is 20.8 Å². The Kier molecular flexibility index (Phi) is 4.46. The number of hydrogen-bond donors (Lipinski definition) is 1. The second kappa shape index (κ2) is 7.04. The van der Waals surface area contributed by atoms with E-state index >= 15 is 0 Å². The van der Waals surface area contributed by atoms with Gasteiger partial charge in [0.1, 0.15) is 11.9 Å². The van der Waals surface area contributed by atoms with Gasteiger partial charge in [-0.3, -0.25) is 4.90 Å². The van der Waals surface area contributed by atoms with Gasteiger partial charge in [-0.2, -0.15) is 5.10 Å². The highest BCUT2D eigenvalue weighted by atomic mass is 32.1. The number of nitrogens with zero attached hydrogens (tertiary/aromatic N) is 7. The van der Waals surface area contributed by atoms with E-state index in [4.69, 9.17) is 0 Å². The first kappa shape index (κ1) is 22.2. The Hall–Kier alpha value is -2.04. The van der Waals surface area contributed by atoms with Gasteiger partial charge in [0.2, 0.25) is 0 Å². The lowest BCUT2D eigenvalue weighted by Gasteiger charge is -2.63. The maximum absolute atomic E-state index is 13.0. The van der Waals surface area contributed by atoms with E-state index in [9.17, 15) is 9.90 Å². The van der Waals surface area contributed by atoms with E-state index in [1.165, 1.54) is 9.88 Å². The molecule has 2 saturated carbocycles. The number of likely N-dealkylation sites (tertiary alicyclic amines) is 3. The molecule has 10 heteroatoms. The van der Waals surface area contributed by atoms with Crippen LogP contribution < -0.4 is 0 Å². The smallest absolute Gasteiger partial charge is 0.320 e. The van der Waals surface area contributed by atoms with Crippen LogP contribution in [0.15, 0.2) is 12.5 Å². The van der Waals surface area contributed by atoms with E-state index in [-0.39, 0.29) is 16.9 Å². The normalized spacial score (nSPS) is 26.3. The Morgan fingerprint density at radius 2 is 1.71 bits per heavy atom. The van der Waals surface area contributed by atoms with Crippen LogP contribution >= 0.6 is 11.3 Å². The monoisotopic (exact) mass is 497 g/mol. The zero-order valence-corrected chi connectivity index (χ0v) is 21.7. The van der Waals surface area contributed by atoms with Gasteiger partial charge in [0.05, 0.1) is 11.0 Å². The standard InChI is InChI=1S/C25H35N7O2S/c1-22(2,3)20-26-8-18(35-20)9-29-10-24(11-29)14-31(15-24)21(33)30-12-23(13-30)6-17(7-23)32-16-27-19(28-32)25(34)4-5-25/h8,16-17,34H,4-7,9-15H2,1-3H3. The predicted molar refractivity (Wildman–Crippen MR) is 131 cm³/mol. The van der Waals surface area contributed by atoms with Gasteiger partial charge >= 0.3 is 6.03 Å². The molecule has 5 aliphatic rings. The number of carbonyl (C=O) groups excluding carboxylic acids is 1. The highest BCUT2D eigenvalue weighted by Crippen LogP contribution is 2.55. The number of carbonyl (C=O) groups is 1. The largest absolute Gasteiger partial charge is 0.382 e. The Morgan fingerprint density at radius 1 is 1.06 bits per heavy atom. The number of aromatic nitrogens is 4. The lowest BCUT2D eigenvalue weighted by Crippen LogP contribution is -2.75. The molecule has 5 heterocycles. The summed E-state index contributed by atoms with van der Waals surface area (Å²) in [5.41, 5.74) is -0.0778. The number of urea groups is 1. The van der Waals surface area contributed by atoms with Gasteiger partial charge in [-0.15, -0.1) is 11.3 Å². The molecule has 3 saturated heterocycles. The van der Waals surface area contributed by atoms with Crippen LogP contribution in [0.5, 0.6) is 0 Å². The summed E-state index contributed by atoms with van der Waals surface area (Å²) in [6.07, 6.45) is 7.43. The van der Waals surface area contributed by atoms with Crippen molar-refractivity contribution in [1.29, 1.82) is 0 Å². The molecule has 1 N–H and O–H groups in total. The fourth-order valence-electron chi connectivity index (χ4n) is 6.55. The molecule has 2 aliphatic carbocycles. The second-order valence-electron chi connectivity index (χ2n) is 13.2. The maximum atomic E-state index is 13.0. The van der Waals surface area contributed by atoms with E-state index in [0.717, 1.165) is 71.5 Å². The highest BCUT2D eigenvalue weighted by molar-refractivity contribution is 7.11. The van der Waals surface area contributed by atoms with Crippen molar-refractivity contribution < 1.29 is 9.90 Å². The van der Waals surface area contributed by atoms with Crippen LogP contribution in [0.2, 0.25) is 0 Å². The van der Waals surface area contributed by atoms with Gasteiger partial charge in [0, 0.05) is 73.1 Å². The Morgan fingerprint density at radius 3 is 2.31 bits per heavy atom. The van der Waals surface area contributed by atoms with Crippen LogP contribution in [-0.4, -0.2) is 84.9 Å². The van der Waals surface area contributed by atoms with Crippen molar-refractivity contribution in [2.75, 3.05) is 39.3 Å². The van der Waals surface area contributed by atoms with E-state index in [0.29, 0.717) is 17.3 Å². The van der Waals surface area contributed by atoms with Crippen LogP contribution in [0, 0.1) is 10.8 Å². The second-order valence-corrected chi connectivity index (χ2v) is 14.3. The molecule has 0 radical (unpaired) electrons. The molecule has 188 valence electrons. The summed E-state index contributed by atoms with van der Waals surface area (Å²) in [7, 11) is 0. The Bertz CT molecular complexity index is 1150. The van der Waals surface area contributed by atoms with Crippen molar-refractivity contribution in [3.8, 4) is 0 Å². The van der Waals surface area contributed by atoms with Crippen LogP contribution in [0.1, 0.15) is 68.2 Å². The summed E-state index contributed by atoms with van der Waals surface area (Å²) in [5.74, 6) is 0.576. The number of hydrogen-bond acceptors (Lipinski definition) is 7. The topological polar surface area (TPSA) is 90.6 Å². The minimum atomic E-state index is -0.768. The summed E-state index contributed by atoms with van der Waals surface area (Å²) in [4.78, 5) is 29.8.